The van der Waals surface area contributed by atoms with E-state index in [1.54, 1.807) is 7.11 Å². The molecule has 1 fully saturated rings. The van der Waals surface area contributed by atoms with Crippen LogP contribution in [0.1, 0.15) is 18.5 Å². The van der Waals surface area contributed by atoms with Gasteiger partial charge in [-0.25, -0.2) is 9.97 Å². The van der Waals surface area contributed by atoms with Gasteiger partial charge < -0.3 is 15.4 Å². The summed E-state index contributed by atoms with van der Waals surface area (Å²) in [5.74, 6) is 1.63. The minimum absolute atomic E-state index is 0.423. The zero-order chi connectivity index (χ0) is 14.7. The molecule has 0 atom stereocenters. The number of hydrogen-bond donors (Lipinski definition) is 1. The van der Waals surface area contributed by atoms with Crippen molar-refractivity contribution in [3.05, 3.63) is 36.0 Å². The number of ether oxygens (including phenoxy) is 1. The Morgan fingerprint density at radius 3 is 2.48 bits per heavy atom. The SMILES string of the molecule is COc1ccc(-c2cc(CN)nc(N3CCCC3)n2)cc1. The average molecular weight is 284 g/mol. The van der Waals surface area contributed by atoms with Gasteiger partial charge in [-0.05, 0) is 43.2 Å². The van der Waals surface area contributed by atoms with Crippen LogP contribution >= 0.6 is 0 Å². The molecular formula is C16H20N4O. The van der Waals surface area contributed by atoms with E-state index in [2.05, 4.69) is 9.88 Å². The average Bonchev–Trinajstić information content (AvgIpc) is 3.09. The number of benzene rings is 1. The standard InChI is InChI=1S/C16H20N4O/c1-21-14-6-4-12(5-7-14)15-10-13(11-17)18-16(19-15)20-8-2-3-9-20/h4-7,10H,2-3,8-9,11,17H2,1H3. The van der Waals surface area contributed by atoms with Crippen molar-refractivity contribution in [2.45, 2.75) is 19.4 Å². The maximum atomic E-state index is 5.78. The van der Waals surface area contributed by atoms with Crippen molar-refractivity contribution < 1.29 is 4.74 Å². The minimum Gasteiger partial charge on any atom is -0.497 e. The second-order valence-electron chi connectivity index (χ2n) is 5.17. The first-order chi connectivity index (χ1) is 10.3. The summed E-state index contributed by atoms with van der Waals surface area (Å²) in [5.41, 5.74) is 8.62. The smallest absolute Gasteiger partial charge is 0.226 e. The molecule has 0 spiro atoms. The van der Waals surface area contributed by atoms with Gasteiger partial charge in [0.25, 0.3) is 0 Å². The van der Waals surface area contributed by atoms with Crippen LogP contribution in [-0.4, -0.2) is 30.2 Å². The molecule has 3 rings (SSSR count). The summed E-state index contributed by atoms with van der Waals surface area (Å²) >= 11 is 0. The van der Waals surface area contributed by atoms with Gasteiger partial charge in [-0.15, -0.1) is 0 Å². The topological polar surface area (TPSA) is 64.3 Å². The van der Waals surface area contributed by atoms with E-state index in [4.69, 9.17) is 15.5 Å². The Kier molecular flexibility index (Phi) is 4.01. The van der Waals surface area contributed by atoms with Crippen molar-refractivity contribution in [3.8, 4) is 17.0 Å². The van der Waals surface area contributed by atoms with E-state index in [9.17, 15) is 0 Å². The Hall–Kier alpha value is -2.14. The molecule has 2 N–H and O–H groups in total. The van der Waals surface area contributed by atoms with Gasteiger partial charge in [0.05, 0.1) is 18.5 Å². The fourth-order valence-corrected chi connectivity index (χ4v) is 2.56. The van der Waals surface area contributed by atoms with Crippen molar-refractivity contribution in [2.75, 3.05) is 25.1 Å². The highest BCUT2D eigenvalue weighted by molar-refractivity contribution is 5.62. The maximum absolute atomic E-state index is 5.78. The molecule has 2 aromatic rings. The molecule has 0 aliphatic carbocycles. The van der Waals surface area contributed by atoms with Gasteiger partial charge in [-0.2, -0.15) is 0 Å². The third kappa shape index (κ3) is 2.97. The first kappa shape index (κ1) is 13.8. The van der Waals surface area contributed by atoms with Crippen LogP contribution < -0.4 is 15.4 Å². The highest BCUT2D eigenvalue weighted by Crippen LogP contribution is 2.24. The molecule has 0 radical (unpaired) electrons. The highest BCUT2D eigenvalue weighted by Gasteiger charge is 2.16. The van der Waals surface area contributed by atoms with Crippen LogP contribution in [0.4, 0.5) is 5.95 Å². The van der Waals surface area contributed by atoms with Gasteiger partial charge in [0.2, 0.25) is 5.95 Å². The molecule has 1 aromatic heterocycles. The fraction of sp³-hybridized carbons (Fsp3) is 0.375. The lowest BCUT2D eigenvalue weighted by molar-refractivity contribution is 0.415. The molecule has 110 valence electrons. The second-order valence-corrected chi connectivity index (χ2v) is 5.17. The number of methoxy groups -OCH3 is 1. The van der Waals surface area contributed by atoms with Gasteiger partial charge in [0, 0.05) is 25.2 Å². The molecule has 21 heavy (non-hydrogen) atoms. The van der Waals surface area contributed by atoms with Gasteiger partial charge in [0.1, 0.15) is 5.75 Å². The molecule has 0 amide bonds. The lowest BCUT2D eigenvalue weighted by atomic mass is 10.1. The minimum atomic E-state index is 0.423. The van der Waals surface area contributed by atoms with Crippen LogP contribution in [0.5, 0.6) is 5.75 Å². The first-order valence-electron chi connectivity index (χ1n) is 7.27. The Morgan fingerprint density at radius 2 is 1.86 bits per heavy atom. The van der Waals surface area contributed by atoms with Crippen LogP contribution in [-0.2, 0) is 6.54 Å². The van der Waals surface area contributed by atoms with Crippen LogP contribution in [0.15, 0.2) is 30.3 Å². The quantitative estimate of drug-likeness (QED) is 0.932. The van der Waals surface area contributed by atoms with Crippen LogP contribution in [0, 0.1) is 0 Å². The number of nitrogens with two attached hydrogens (primary N) is 1. The number of nitrogens with zero attached hydrogens (tertiary/aromatic N) is 3. The largest absolute Gasteiger partial charge is 0.497 e. The molecule has 0 unspecified atom stereocenters. The van der Waals surface area contributed by atoms with E-state index in [1.807, 2.05) is 30.3 Å². The summed E-state index contributed by atoms with van der Waals surface area (Å²) in [6.45, 7) is 2.47. The molecule has 5 heteroatoms. The Morgan fingerprint density at radius 1 is 1.14 bits per heavy atom. The van der Waals surface area contributed by atoms with Crippen molar-refractivity contribution in [3.63, 3.8) is 0 Å². The second kappa shape index (κ2) is 6.10. The van der Waals surface area contributed by atoms with E-state index in [1.165, 1.54) is 12.8 Å². The van der Waals surface area contributed by atoms with Crippen LogP contribution in [0.2, 0.25) is 0 Å². The maximum Gasteiger partial charge on any atom is 0.226 e. The molecular weight excluding hydrogens is 264 g/mol. The number of rotatable bonds is 4. The van der Waals surface area contributed by atoms with Crippen molar-refractivity contribution in [1.29, 1.82) is 0 Å². The van der Waals surface area contributed by atoms with E-state index in [0.717, 1.165) is 41.7 Å². The van der Waals surface area contributed by atoms with E-state index in [0.29, 0.717) is 6.54 Å². The van der Waals surface area contributed by atoms with Crippen LogP contribution in [0.3, 0.4) is 0 Å². The predicted molar refractivity (Wildman–Crippen MR) is 83.4 cm³/mol. The molecule has 1 aliphatic heterocycles. The van der Waals surface area contributed by atoms with Gasteiger partial charge in [0.15, 0.2) is 0 Å². The van der Waals surface area contributed by atoms with Crippen molar-refractivity contribution in [2.24, 2.45) is 5.73 Å². The van der Waals surface area contributed by atoms with Gasteiger partial charge >= 0.3 is 0 Å². The summed E-state index contributed by atoms with van der Waals surface area (Å²) in [4.78, 5) is 11.5. The van der Waals surface area contributed by atoms with E-state index < -0.39 is 0 Å². The molecule has 5 nitrogen and oxygen atoms in total. The predicted octanol–water partition coefficient (Wildman–Crippen LogP) is 2.21. The van der Waals surface area contributed by atoms with Gasteiger partial charge in [-0.3, -0.25) is 0 Å². The fourth-order valence-electron chi connectivity index (χ4n) is 2.56. The van der Waals surface area contributed by atoms with Crippen LogP contribution in [0.25, 0.3) is 11.3 Å². The van der Waals surface area contributed by atoms with E-state index in [-0.39, 0.29) is 0 Å². The Labute approximate surface area is 124 Å². The van der Waals surface area contributed by atoms with Crippen molar-refractivity contribution in [1.82, 2.24) is 9.97 Å². The Bertz CT molecular complexity index is 606. The summed E-state index contributed by atoms with van der Waals surface area (Å²) < 4.78 is 5.19. The molecule has 1 aromatic carbocycles. The zero-order valence-electron chi connectivity index (χ0n) is 12.2. The Balaban J connectivity index is 1.97. The zero-order valence-corrected chi connectivity index (χ0v) is 12.2. The lowest BCUT2D eigenvalue weighted by Crippen LogP contribution is -2.21. The van der Waals surface area contributed by atoms with Gasteiger partial charge in [-0.1, -0.05) is 0 Å². The summed E-state index contributed by atoms with van der Waals surface area (Å²) in [6, 6.07) is 9.86. The highest BCUT2D eigenvalue weighted by atomic mass is 16.5. The van der Waals surface area contributed by atoms with Crippen molar-refractivity contribution >= 4 is 5.95 Å². The third-order valence-corrected chi connectivity index (χ3v) is 3.75. The third-order valence-electron chi connectivity index (χ3n) is 3.75. The first-order valence-corrected chi connectivity index (χ1v) is 7.27. The molecule has 2 heterocycles. The molecule has 1 saturated heterocycles. The number of aromatic nitrogens is 2. The number of hydrogen-bond acceptors (Lipinski definition) is 5. The molecule has 1 aliphatic rings. The summed E-state index contributed by atoms with van der Waals surface area (Å²) in [7, 11) is 1.66. The molecule has 0 saturated carbocycles. The normalized spacial score (nSPS) is 14.5. The lowest BCUT2D eigenvalue weighted by Gasteiger charge is -2.17. The summed E-state index contributed by atoms with van der Waals surface area (Å²) in [6.07, 6.45) is 2.40. The number of anilines is 1. The molecule has 0 bridgehead atoms. The summed E-state index contributed by atoms with van der Waals surface area (Å²) in [5, 5.41) is 0. The monoisotopic (exact) mass is 284 g/mol. The van der Waals surface area contributed by atoms with E-state index >= 15 is 0 Å².